The summed E-state index contributed by atoms with van der Waals surface area (Å²) in [6.07, 6.45) is 0. The predicted molar refractivity (Wildman–Crippen MR) is 261 cm³/mol. The van der Waals surface area contributed by atoms with Crippen molar-refractivity contribution in [2.24, 2.45) is 0 Å². The Hall–Kier alpha value is -8.26. The molecule has 294 valence electrons. The van der Waals surface area contributed by atoms with E-state index in [2.05, 4.69) is 196 Å². The molecule has 0 unspecified atom stereocenters. The van der Waals surface area contributed by atoms with Gasteiger partial charge in [-0.25, -0.2) is 0 Å². The number of rotatable bonds is 5. The molecule has 0 amide bonds. The third kappa shape index (κ3) is 4.93. The maximum atomic E-state index is 6.61. The van der Waals surface area contributed by atoms with Crippen LogP contribution < -0.4 is 0 Å². The van der Waals surface area contributed by atoms with Crippen molar-refractivity contribution >= 4 is 97.1 Å². The molecule has 5 heterocycles. The number of furan rings is 1. The monoisotopic (exact) mass is 823 g/mol. The fourth-order valence-corrected chi connectivity index (χ4v) is 11.1. The summed E-state index contributed by atoms with van der Waals surface area (Å²) >= 11 is 1.84. The minimum atomic E-state index is 0.797. The van der Waals surface area contributed by atoms with Crippen LogP contribution in [-0.4, -0.2) is 23.9 Å². The van der Waals surface area contributed by atoms with E-state index in [0.717, 1.165) is 100 Å². The molecule has 7 heteroatoms. The molecule has 0 saturated carbocycles. The fourth-order valence-electron chi connectivity index (χ4n) is 10.1. The summed E-state index contributed by atoms with van der Waals surface area (Å²) < 4.78 is 16.2. The van der Waals surface area contributed by atoms with Crippen molar-refractivity contribution in [2.45, 2.75) is 0 Å². The minimum Gasteiger partial charge on any atom is -0.455 e. The van der Waals surface area contributed by atoms with Crippen LogP contribution >= 0.6 is 11.3 Å². The Kier molecular flexibility index (Phi) is 7.17. The molecule has 9 aromatic carbocycles. The summed E-state index contributed by atoms with van der Waals surface area (Å²) in [5.74, 6) is 1.59. The van der Waals surface area contributed by atoms with Crippen molar-refractivity contribution in [1.82, 2.24) is 23.9 Å². The predicted octanol–water partition coefficient (Wildman–Crippen LogP) is 15.1. The van der Waals surface area contributed by atoms with Gasteiger partial charge in [0.1, 0.15) is 11.2 Å². The van der Waals surface area contributed by atoms with Crippen molar-refractivity contribution in [3.8, 4) is 39.8 Å². The smallest absolute Gasteiger partial charge is 0.168 e. The number of para-hydroxylation sites is 3. The molecule has 0 atom stereocenters. The Bertz CT molecular complexity index is 4090. The Morgan fingerprint density at radius 2 is 0.889 bits per heavy atom. The summed E-state index contributed by atoms with van der Waals surface area (Å²) in [5.41, 5.74) is 11.6. The molecule has 0 aliphatic rings. The number of thiophene rings is 1. The summed E-state index contributed by atoms with van der Waals surface area (Å²) in [7, 11) is 0. The summed E-state index contributed by atoms with van der Waals surface area (Å²) in [6.45, 7) is 0. The zero-order valence-corrected chi connectivity index (χ0v) is 34.4. The van der Waals surface area contributed by atoms with Crippen LogP contribution in [0.5, 0.6) is 0 Å². The van der Waals surface area contributed by atoms with Crippen LogP contribution in [0.25, 0.3) is 126 Å². The second-order valence-corrected chi connectivity index (χ2v) is 17.3. The lowest BCUT2D eigenvalue weighted by Gasteiger charge is -2.13. The fraction of sp³-hybridized carbons (Fsp3) is 0. The summed E-state index contributed by atoms with van der Waals surface area (Å²) in [6, 6.07) is 71.4. The highest BCUT2D eigenvalue weighted by molar-refractivity contribution is 7.25. The molecule has 63 heavy (non-hydrogen) atoms. The lowest BCUT2D eigenvalue weighted by atomic mass is 10.1. The van der Waals surface area contributed by atoms with Gasteiger partial charge in [-0.3, -0.25) is 4.57 Å². The lowest BCUT2D eigenvalue weighted by molar-refractivity contribution is 0.673. The molecular formula is C56H33N5OS. The largest absolute Gasteiger partial charge is 0.455 e. The molecule has 6 nitrogen and oxygen atoms in total. The zero-order valence-electron chi connectivity index (χ0n) is 33.6. The van der Waals surface area contributed by atoms with Gasteiger partial charge in [-0.1, -0.05) is 121 Å². The third-order valence-corrected chi connectivity index (χ3v) is 13.9. The van der Waals surface area contributed by atoms with Crippen LogP contribution in [0.2, 0.25) is 0 Å². The van der Waals surface area contributed by atoms with E-state index in [4.69, 9.17) is 14.6 Å². The number of nitrogens with zero attached hydrogens (tertiary/aromatic N) is 5. The van der Waals surface area contributed by atoms with Crippen LogP contribution in [0.3, 0.4) is 0 Å². The molecule has 0 bridgehead atoms. The van der Waals surface area contributed by atoms with E-state index < -0.39 is 0 Å². The SMILES string of the molecule is c1ccc(-c2nnc(-c3ccccc3)n2-c2cccc3c2c2ccccc2n3-c2ccc3sc4ccc(-n5c6ccccc6c6c7oc8ccccc8c7ccc65)cc4c3c2)cc1. The van der Waals surface area contributed by atoms with E-state index in [-0.39, 0.29) is 0 Å². The first-order chi connectivity index (χ1) is 31.3. The average Bonchev–Trinajstić information content (AvgIpc) is 4.17. The highest BCUT2D eigenvalue weighted by Gasteiger charge is 2.24. The molecule has 0 saturated heterocycles. The Morgan fingerprint density at radius 1 is 0.365 bits per heavy atom. The molecule has 0 N–H and O–H groups in total. The summed E-state index contributed by atoms with van der Waals surface area (Å²) in [4.78, 5) is 0. The van der Waals surface area contributed by atoms with Crippen molar-refractivity contribution in [2.75, 3.05) is 0 Å². The van der Waals surface area contributed by atoms with E-state index in [1.807, 2.05) is 29.5 Å². The third-order valence-electron chi connectivity index (χ3n) is 12.8. The van der Waals surface area contributed by atoms with E-state index in [1.54, 1.807) is 0 Å². The maximum absolute atomic E-state index is 6.61. The highest BCUT2D eigenvalue weighted by atomic mass is 32.1. The van der Waals surface area contributed by atoms with Gasteiger partial charge in [0.05, 0.1) is 33.1 Å². The molecule has 0 spiro atoms. The van der Waals surface area contributed by atoms with Gasteiger partial charge in [0, 0.05) is 69.6 Å². The first-order valence-electron chi connectivity index (χ1n) is 21.2. The van der Waals surface area contributed by atoms with Gasteiger partial charge >= 0.3 is 0 Å². The second kappa shape index (κ2) is 13.1. The number of fused-ring (bicyclic) bond motifs is 13. The Morgan fingerprint density at radius 3 is 1.52 bits per heavy atom. The number of benzene rings is 9. The standard InChI is InChI=1S/C56H33N5OS/c1-3-14-34(15-4-1)55-57-58-56(35-16-5-2-6-17-35)61(55)47-24-13-23-46-52(47)40-19-7-10-21-44(40)59(46)36-26-30-50-42(32-36)43-33-37(27-31-51(43)63-50)60-45-22-11-8-20-41(45)53-48(60)29-28-39-38-18-9-12-25-49(38)62-54(39)53/h1-33H. The molecular weight excluding hydrogens is 791 g/mol. The number of hydrogen-bond acceptors (Lipinski definition) is 4. The second-order valence-electron chi connectivity index (χ2n) is 16.2. The first kappa shape index (κ1) is 34.5. The van der Waals surface area contributed by atoms with Crippen molar-refractivity contribution < 1.29 is 4.42 Å². The Balaban J connectivity index is 0.985. The van der Waals surface area contributed by atoms with Gasteiger partial charge in [-0.15, -0.1) is 21.5 Å². The molecule has 0 aliphatic carbocycles. The van der Waals surface area contributed by atoms with Gasteiger partial charge in [-0.2, -0.15) is 0 Å². The molecule has 14 rings (SSSR count). The van der Waals surface area contributed by atoms with Crippen molar-refractivity contribution in [3.05, 3.63) is 200 Å². The highest BCUT2D eigenvalue weighted by Crippen LogP contribution is 2.44. The maximum Gasteiger partial charge on any atom is 0.168 e. The van der Waals surface area contributed by atoms with E-state index in [0.29, 0.717) is 0 Å². The number of hydrogen-bond donors (Lipinski definition) is 0. The molecule has 5 aromatic heterocycles. The molecule has 0 fully saturated rings. The topological polar surface area (TPSA) is 53.7 Å². The number of aromatic nitrogens is 5. The Labute approximate surface area is 363 Å². The average molecular weight is 824 g/mol. The van der Waals surface area contributed by atoms with E-state index in [9.17, 15) is 0 Å². The minimum absolute atomic E-state index is 0.797. The van der Waals surface area contributed by atoms with Crippen molar-refractivity contribution in [1.29, 1.82) is 0 Å². The van der Waals surface area contributed by atoms with Gasteiger partial charge in [0.15, 0.2) is 11.6 Å². The van der Waals surface area contributed by atoms with Gasteiger partial charge in [0.25, 0.3) is 0 Å². The zero-order chi connectivity index (χ0) is 41.2. The van der Waals surface area contributed by atoms with Crippen LogP contribution in [0, 0.1) is 0 Å². The molecule has 0 radical (unpaired) electrons. The molecule has 14 aromatic rings. The quantitative estimate of drug-likeness (QED) is 0.174. The summed E-state index contributed by atoms with van der Waals surface area (Å²) in [5, 5.41) is 19.0. The molecule has 0 aliphatic heterocycles. The van der Waals surface area contributed by atoms with Gasteiger partial charge < -0.3 is 13.6 Å². The van der Waals surface area contributed by atoms with Crippen LogP contribution in [-0.2, 0) is 0 Å². The van der Waals surface area contributed by atoms with E-state index >= 15 is 0 Å². The van der Waals surface area contributed by atoms with Crippen molar-refractivity contribution in [3.63, 3.8) is 0 Å². The van der Waals surface area contributed by atoms with Gasteiger partial charge in [0.2, 0.25) is 0 Å². The van der Waals surface area contributed by atoms with E-state index in [1.165, 1.54) is 25.6 Å². The lowest BCUT2D eigenvalue weighted by Crippen LogP contribution is -2.01. The van der Waals surface area contributed by atoms with Crippen LogP contribution in [0.15, 0.2) is 205 Å². The first-order valence-corrected chi connectivity index (χ1v) is 22.0. The van der Waals surface area contributed by atoms with Crippen LogP contribution in [0.1, 0.15) is 0 Å². The van der Waals surface area contributed by atoms with Gasteiger partial charge in [-0.05, 0) is 78.9 Å². The normalized spacial score (nSPS) is 12.1. The van der Waals surface area contributed by atoms with Crippen LogP contribution in [0.4, 0.5) is 0 Å².